The maximum atomic E-state index is 13.6. The van der Waals surface area contributed by atoms with Gasteiger partial charge in [-0.2, -0.15) is 0 Å². The molecule has 2 bridgehead atoms. The first kappa shape index (κ1) is 35.8. The standard InChI is InChI=1S/C32H30O19/c33-5-2-11-6-12(7-16(36)20(11)37)17-10-15(35)19-14(34)8-13(9-18(19)48-17)47-27-23(40)22(39)26(43)32(51-27)4-1-3-31(29(44)45)25(42)21(38)24(41)28(50-31)49-30(32)46/h6-10,21-28,33-34,36-43H,2,4-5H2,(H,44,45)/t21-,22-,23-,24-,25+,26+,27+,28+,31+,32+/m1/s1. The third-order valence-corrected chi connectivity index (χ3v) is 8.81. The smallest absolute Gasteiger partial charge is 0.351 e. The molecule has 51 heavy (non-hydrogen) atoms. The fourth-order valence-electron chi connectivity index (χ4n) is 6.02. The number of benzene rings is 2. The average Bonchev–Trinajstić information content (AvgIpc) is 3.13. The third-order valence-electron chi connectivity index (χ3n) is 8.81. The lowest BCUT2D eigenvalue weighted by atomic mass is 9.83. The van der Waals surface area contributed by atoms with Crippen LogP contribution in [0.2, 0.25) is 0 Å². The largest absolute Gasteiger partial charge is 0.507 e. The van der Waals surface area contributed by atoms with Crippen LogP contribution in [0.15, 0.2) is 39.5 Å². The summed E-state index contributed by atoms with van der Waals surface area (Å²) in [6.07, 6.45) is -19.1. The Labute approximate surface area is 284 Å². The quantitative estimate of drug-likeness (QED) is 0.0682. The van der Waals surface area contributed by atoms with Crippen molar-refractivity contribution >= 4 is 22.9 Å². The molecular formula is C32H30O19. The summed E-state index contributed by atoms with van der Waals surface area (Å²) in [6.45, 7) is -0.384. The van der Waals surface area contributed by atoms with E-state index in [9.17, 15) is 70.6 Å². The first-order valence-corrected chi connectivity index (χ1v) is 15.1. The predicted octanol–water partition coefficient (Wildman–Crippen LogP) is -3.12. The van der Waals surface area contributed by atoms with Gasteiger partial charge in [0, 0.05) is 35.9 Å². The average molecular weight is 719 g/mol. The van der Waals surface area contributed by atoms with Crippen molar-refractivity contribution in [3.8, 4) is 46.2 Å². The van der Waals surface area contributed by atoms with Crippen molar-refractivity contribution in [1.82, 2.24) is 0 Å². The molecule has 19 nitrogen and oxygen atoms in total. The van der Waals surface area contributed by atoms with E-state index in [2.05, 4.69) is 11.8 Å². The highest BCUT2D eigenvalue weighted by molar-refractivity contribution is 5.87. The Morgan fingerprint density at radius 3 is 2.27 bits per heavy atom. The number of aliphatic hydroxyl groups is 7. The molecule has 3 aromatic rings. The van der Waals surface area contributed by atoms with Crippen LogP contribution >= 0.6 is 0 Å². The molecule has 11 N–H and O–H groups in total. The Kier molecular flexibility index (Phi) is 9.09. The molecule has 3 aliphatic heterocycles. The number of ether oxygens (including phenoxy) is 4. The van der Waals surface area contributed by atoms with Gasteiger partial charge in [0.15, 0.2) is 16.9 Å². The molecule has 1 spiro atoms. The summed E-state index contributed by atoms with van der Waals surface area (Å²) < 4.78 is 27.3. The highest BCUT2D eigenvalue weighted by Crippen LogP contribution is 2.41. The fourth-order valence-corrected chi connectivity index (χ4v) is 6.02. The van der Waals surface area contributed by atoms with E-state index in [1.54, 1.807) is 0 Å². The van der Waals surface area contributed by atoms with Gasteiger partial charge in [0.25, 0.3) is 5.60 Å². The molecule has 0 saturated carbocycles. The highest BCUT2D eigenvalue weighted by Gasteiger charge is 2.64. The molecule has 0 amide bonds. The fraction of sp³-hybridized carbons (Fsp3) is 0.406. The SMILES string of the molecule is O=C(O)[C@@]12C#CC[C@@]3(O[C@H](Oc4cc(O)c5c(=O)cc(-c6cc(O)c(O)c(CCO)c6)oc5c4)[C@H](O)[C@@H](O)[C@@H]3O)C(=O)O[C@@H](O1)[C@H](O)[C@@H](O)[C@@H]2O. The van der Waals surface area contributed by atoms with Crippen LogP contribution in [0.3, 0.4) is 0 Å². The van der Waals surface area contributed by atoms with Gasteiger partial charge in [-0.15, -0.1) is 0 Å². The zero-order valence-corrected chi connectivity index (χ0v) is 25.8. The van der Waals surface area contributed by atoms with Crippen LogP contribution in [0.1, 0.15) is 12.0 Å². The molecule has 0 unspecified atom stereocenters. The second-order valence-corrected chi connectivity index (χ2v) is 12.0. The molecule has 4 heterocycles. The normalized spacial score (nSPS) is 33.4. The third kappa shape index (κ3) is 5.78. The van der Waals surface area contributed by atoms with Gasteiger partial charge in [0.1, 0.15) is 64.9 Å². The van der Waals surface area contributed by atoms with Crippen LogP contribution in [0.5, 0.6) is 23.0 Å². The Morgan fingerprint density at radius 1 is 0.882 bits per heavy atom. The van der Waals surface area contributed by atoms with Crippen LogP contribution in [-0.4, -0.2) is 135 Å². The minimum Gasteiger partial charge on any atom is -0.507 e. The van der Waals surface area contributed by atoms with E-state index in [1.165, 1.54) is 6.07 Å². The number of carbonyl (C=O) groups excluding carboxylic acids is 1. The van der Waals surface area contributed by atoms with Crippen molar-refractivity contribution in [2.45, 2.75) is 73.2 Å². The van der Waals surface area contributed by atoms with Crippen LogP contribution in [0.4, 0.5) is 0 Å². The number of hydrogen-bond donors (Lipinski definition) is 11. The summed E-state index contributed by atoms with van der Waals surface area (Å²) in [4.78, 5) is 38.7. The van der Waals surface area contributed by atoms with Crippen LogP contribution in [0.25, 0.3) is 22.3 Å². The number of carbonyl (C=O) groups is 2. The molecule has 2 fully saturated rings. The maximum absolute atomic E-state index is 13.6. The number of carboxylic acids is 1. The number of esters is 1. The monoisotopic (exact) mass is 718 g/mol. The van der Waals surface area contributed by atoms with Crippen LogP contribution in [0, 0.1) is 11.8 Å². The summed E-state index contributed by atoms with van der Waals surface area (Å²) in [5.74, 6) is -1.67. The van der Waals surface area contributed by atoms with Gasteiger partial charge < -0.3 is 79.5 Å². The summed E-state index contributed by atoms with van der Waals surface area (Å²) in [7, 11) is 0. The number of phenolic OH excluding ortho intramolecular Hbond substituents is 3. The van der Waals surface area contributed by atoms with Gasteiger partial charge >= 0.3 is 11.9 Å². The Balaban J connectivity index is 1.38. The first-order chi connectivity index (χ1) is 24.0. The first-order valence-electron chi connectivity index (χ1n) is 15.1. The number of hydrogen-bond acceptors (Lipinski definition) is 18. The van der Waals surface area contributed by atoms with E-state index >= 15 is 0 Å². The molecule has 1 aromatic heterocycles. The Hall–Kier alpha value is -5.01. The molecule has 19 heteroatoms. The second-order valence-electron chi connectivity index (χ2n) is 12.0. The summed E-state index contributed by atoms with van der Waals surface area (Å²) >= 11 is 0. The van der Waals surface area contributed by atoms with Crippen LogP contribution < -0.4 is 10.2 Å². The Bertz CT molecular complexity index is 2020. The lowest BCUT2D eigenvalue weighted by molar-refractivity contribution is -0.329. The van der Waals surface area contributed by atoms with Gasteiger partial charge in [-0.25, -0.2) is 9.59 Å². The van der Waals surface area contributed by atoms with Crippen molar-refractivity contribution in [2.75, 3.05) is 6.61 Å². The van der Waals surface area contributed by atoms with Crippen molar-refractivity contribution in [1.29, 1.82) is 0 Å². The van der Waals surface area contributed by atoms with Crippen molar-refractivity contribution in [2.24, 2.45) is 0 Å². The van der Waals surface area contributed by atoms with E-state index in [0.29, 0.717) is 0 Å². The second kappa shape index (κ2) is 13.0. The van der Waals surface area contributed by atoms with Gasteiger partial charge in [-0.3, -0.25) is 4.79 Å². The van der Waals surface area contributed by atoms with Crippen molar-refractivity contribution < 1.29 is 89.1 Å². The maximum Gasteiger partial charge on any atom is 0.351 e. The van der Waals surface area contributed by atoms with Crippen molar-refractivity contribution in [3.63, 3.8) is 0 Å². The summed E-state index contributed by atoms with van der Waals surface area (Å²) in [5.41, 5.74) is -6.63. The number of fused-ring (bicyclic) bond motifs is 3. The van der Waals surface area contributed by atoms with Gasteiger partial charge in [-0.1, -0.05) is 11.8 Å². The summed E-state index contributed by atoms with van der Waals surface area (Å²) in [6, 6.07) is 5.33. The minimum atomic E-state index is -2.94. The van der Waals surface area contributed by atoms with E-state index < -0.39 is 107 Å². The number of rotatable bonds is 6. The zero-order valence-electron chi connectivity index (χ0n) is 25.8. The molecular weight excluding hydrogens is 688 g/mol. The number of aliphatic carboxylic acids is 1. The number of carboxylic acid groups (broad SMARTS) is 1. The predicted molar refractivity (Wildman–Crippen MR) is 162 cm³/mol. The molecule has 0 radical (unpaired) electrons. The van der Waals surface area contributed by atoms with Gasteiger partial charge in [0.05, 0.1) is 6.42 Å². The van der Waals surface area contributed by atoms with E-state index in [-0.39, 0.29) is 40.9 Å². The van der Waals surface area contributed by atoms with Crippen molar-refractivity contribution in [3.05, 3.63) is 46.1 Å². The lowest BCUT2D eigenvalue weighted by Crippen LogP contribution is -2.70. The minimum absolute atomic E-state index is 0.0622. The molecule has 6 rings (SSSR count). The zero-order chi connectivity index (χ0) is 37.2. The van der Waals surface area contributed by atoms with E-state index in [4.69, 9.17) is 23.4 Å². The number of aromatic hydroxyl groups is 3. The molecule has 0 aliphatic carbocycles. The van der Waals surface area contributed by atoms with Gasteiger partial charge in [0.2, 0.25) is 18.2 Å². The van der Waals surface area contributed by atoms with E-state index in [0.717, 1.165) is 24.3 Å². The van der Waals surface area contributed by atoms with E-state index in [1.807, 2.05) is 0 Å². The lowest BCUT2D eigenvalue weighted by Gasteiger charge is -2.47. The van der Waals surface area contributed by atoms with Gasteiger partial charge in [-0.05, 0) is 18.6 Å². The molecule has 2 aromatic carbocycles. The topological polar surface area (TPSA) is 324 Å². The summed E-state index contributed by atoms with van der Waals surface area (Å²) in [5, 5.41) is 114. The molecule has 10 atom stereocenters. The number of phenols is 3. The van der Waals surface area contributed by atoms with Crippen LogP contribution in [-0.2, 0) is 30.2 Å². The molecule has 272 valence electrons. The highest BCUT2D eigenvalue weighted by atomic mass is 16.8. The molecule has 3 aliphatic rings. The molecule has 2 saturated heterocycles. The number of aliphatic hydroxyl groups excluding tert-OH is 7. The Morgan fingerprint density at radius 2 is 1.59 bits per heavy atom.